The van der Waals surface area contributed by atoms with Crippen LogP contribution in [-0.2, 0) is 6.42 Å². The Morgan fingerprint density at radius 2 is 2.23 bits per heavy atom. The third kappa shape index (κ3) is 2.30. The van der Waals surface area contributed by atoms with Gasteiger partial charge in [-0.25, -0.2) is 0 Å². The molecule has 0 unspecified atom stereocenters. The number of aliphatic hydroxyl groups is 1. The molecule has 1 aromatic rings. The summed E-state index contributed by atoms with van der Waals surface area (Å²) in [5.41, 5.74) is -0.448. The van der Waals surface area contributed by atoms with Crippen LogP contribution in [-0.4, -0.2) is 23.8 Å². The van der Waals surface area contributed by atoms with E-state index in [2.05, 4.69) is 16.8 Å². The van der Waals surface area contributed by atoms with Crippen molar-refractivity contribution in [3.8, 4) is 0 Å². The van der Waals surface area contributed by atoms with Gasteiger partial charge >= 0.3 is 0 Å². The van der Waals surface area contributed by atoms with E-state index in [0.29, 0.717) is 0 Å². The first-order valence-corrected chi connectivity index (χ1v) is 5.62. The van der Waals surface area contributed by atoms with Crippen molar-refractivity contribution in [2.75, 3.05) is 13.1 Å². The quantitative estimate of drug-likeness (QED) is 0.751. The lowest BCUT2D eigenvalue weighted by Gasteiger charge is -2.32. The van der Waals surface area contributed by atoms with Crippen LogP contribution in [0.15, 0.2) is 17.5 Å². The molecule has 0 spiro atoms. The van der Waals surface area contributed by atoms with Gasteiger partial charge in [0.15, 0.2) is 0 Å². The lowest BCUT2D eigenvalue weighted by Crippen LogP contribution is -2.43. The molecule has 2 N–H and O–H groups in total. The minimum absolute atomic E-state index is 0.448. The summed E-state index contributed by atoms with van der Waals surface area (Å²) in [7, 11) is 0. The molecule has 2 nitrogen and oxygen atoms in total. The zero-order valence-corrected chi connectivity index (χ0v) is 8.44. The second-order valence-corrected chi connectivity index (χ2v) is 4.76. The molecule has 0 bridgehead atoms. The number of nitrogens with one attached hydrogen (secondary N) is 1. The molecule has 72 valence electrons. The predicted octanol–water partition coefficient (Wildman–Crippen LogP) is 1.41. The van der Waals surface area contributed by atoms with Crippen LogP contribution in [0.3, 0.4) is 0 Å². The highest BCUT2D eigenvalue weighted by Crippen LogP contribution is 2.25. The van der Waals surface area contributed by atoms with Crippen molar-refractivity contribution in [1.82, 2.24) is 5.32 Å². The average Bonchev–Trinajstić information content (AvgIpc) is 2.57. The number of rotatable bonds is 2. The monoisotopic (exact) mass is 197 g/mol. The van der Waals surface area contributed by atoms with E-state index < -0.39 is 5.60 Å². The molecule has 1 fully saturated rings. The molecule has 0 atom stereocenters. The van der Waals surface area contributed by atoms with Crippen LogP contribution in [0.25, 0.3) is 0 Å². The molecule has 1 aromatic heterocycles. The van der Waals surface area contributed by atoms with Crippen molar-refractivity contribution in [2.24, 2.45) is 0 Å². The fraction of sp³-hybridized carbons (Fsp3) is 0.600. The van der Waals surface area contributed by atoms with E-state index >= 15 is 0 Å². The lowest BCUT2D eigenvalue weighted by atomic mass is 9.88. The molecule has 1 aliphatic heterocycles. The summed E-state index contributed by atoms with van der Waals surface area (Å²) in [6, 6.07) is 4.15. The van der Waals surface area contributed by atoms with E-state index in [1.165, 1.54) is 4.88 Å². The summed E-state index contributed by atoms with van der Waals surface area (Å²) in [5, 5.41) is 15.5. The van der Waals surface area contributed by atoms with Crippen LogP contribution < -0.4 is 5.32 Å². The largest absolute Gasteiger partial charge is 0.389 e. The van der Waals surface area contributed by atoms with E-state index in [1.54, 1.807) is 11.3 Å². The molecular formula is C10H15NOS. The van der Waals surface area contributed by atoms with Gasteiger partial charge in [-0.05, 0) is 37.4 Å². The Balaban J connectivity index is 1.99. The Bertz CT molecular complexity index is 252. The molecule has 1 aliphatic rings. The highest BCUT2D eigenvalue weighted by molar-refractivity contribution is 7.09. The van der Waals surface area contributed by atoms with Crippen molar-refractivity contribution in [3.63, 3.8) is 0 Å². The predicted molar refractivity (Wildman–Crippen MR) is 55.1 cm³/mol. The molecule has 2 heterocycles. The first-order valence-electron chi connectivity index (χ1n) is 4.74. The molecule has 3 heteroatoms. The standard InChI is InChI=1S/C10H15NOS/c12-10(3-5-11-6-4-10)8-9-2-1-7-13-9/h1-2,7,11-12H,3-6,8H2. The van der Waals surface area contributed by atoms with Gasteiger partial charge in [0.05, 0.1) is 5.60 Å². The Hall–Kier alpha value is -0.380. The van der Waals surface area contributed by atoms with Crippen LogP contribution in [0.5, 0.6) is 0 Å². The second-order valence-electron chi connectivity index (χ2n) is 3.73. The topological polar surface area (TPSA) is 32.3 Å². The summed E-state index contributed by atoms with van der Waals surface area (Å²) in [6.45, 7) is 1.89. The van der Waals surface area contributed by atoms with Crippen molar-refractivity contribution in [1.29, 1.82) is 0 Å². The van der Waals surface area contributed by atoms with E-state index in [4.69, 9.17) is 0 Å². The molecule has 0 saturated carbocycles. The number of piperidine rings is 1. The normalized spacial score (nSPS) is 21.6. The van der Waals surface area contributed by atoms with Gasteiger partial charge in [-0.1, -0.05) is 6.07 Å². The van der Waals surface area contributed by atoms with Crippen molar-refractivity contribution in [2.45, 2.75) is 24.9 Å². The maximum Gasteiger partial charge on any atom is 0.0720 e. The molecule has 0 radical (unpaired) electrons. The van der Waals surface area contributed by atoms with Crippen LogP contribution in [0.1, 0.15) is 17.7 Å². The van der Waals surface area contributed by atoms with Crippen molar-refractivity contribution in [3.05, 3.63) is 22.4 Å². The molecule has 0 aromatic carbocycles. The first kappa shape index (κ1) is 9.19. The van der Waals surface area contributed by atoms with Gasteiger partial charge in [0.2, 0.25) is 0 Å². The maximum atomic E-state index is 10.2. The smallest absolute Gasteiger partial charge is 0.0720 e. The van der Waals surface area contributed by atoms with E-state index in [-0.39, 0.29) is 0 Å². The zero-order valence-electron chi connectivity index (χ0n) is 7.62. The third-order valence-electron chi connectivity index (χ3n) is 2.62. The van der Waals surface area contributed by atoms with Crippen LogP contribution in [0.2, 0.25) is 0 Å². The summed E-state index contributed by atoms with van der Waals surface area (Å²) >= 11 is 1.73. The fourth-order valence-electron chi connectivity index (χ4n) is 1.81. The molecule has 1 saturated heterocycles. The minimum atomic E-state index is -0.448. The molecule has 2 rings (SSSR count). The SMILES string of the molecule is OC1(Cc2cccs2)CCNCC1. The second kappa shape index (κ2) is 3.78. The summed E-state index contributed by atoms with van der Waals surface area (Å²) in [4.78, 5) is 1.30. The Morgan fingerprint density at radius 1 is 1.46 bits per heavy atom. The number of hydrogen-bond acceptors (Lipinski definition) is 3. The zero-order chi connectivity index (χ0) is 9.15. The summed E-state index contributed by atoms with van der Waals surface area (Å²) < 4.78 is 0. The van der Waals surface area contributed by atoms with Crippen molar-refractivity contribution < 1.29 is 5.11 Å². The van der Waals surface area contributed by atoms with Gasteiger partial charge in [0.25, 0.3) is 0 Å². The lowest BCUT2D eigenvalue weighted by molar-refractivity contribution is 0.0116. The number of thiophene rings is 1. The first-order chi connectivity index (χ1) is 6.29. The van der Waals surface area contributed by atoms with Gasteiger partial charge in [-0.15, -0.1) is 11.3 Å². The molecule has 0 aliphatic carbocycles. The van der Waals surface area contributed by atoms with E-state index in [1.807, 2.05) is 6.07 Å². The Morgan fingerprint density at radius 3 is 2.85 bits per heavy atom. The van der Waals surface area contributed by atoms with Gasteiger partial charge in [-0.3, -0.25) is 0 Å². The Kier molecular flexibility index (Phi) is 2.67. The molecule has 0 amide bonds. The van der Waals surface area contributed by atoms with E-state index in [0.717, 1.165) is 32.4 Å². The highest BCUT2D eigenvalue weighted by Gasteiger charge is 2.29. The fourth-order valence-corrected chi connectivity index (χ4v) is 2.65. The van der Waals surface area contributed by atoms with Gasteiger partial charge in [-0.2, -0.15) is 0 Å². The summed E-state index contributed by atoms with van der Waals surface area (Å²) in [5.74, 6) is 0. The van der Waals surface area contributed by atoms with E-state index in [9.17, 15) is 5.11 Å². The Labute approximate surface area is 82.6 Å². The molecular weight excluding hydrogens is 182 g/mol. The highest BCUT2D eigenvalue weighted by atomic mass is 32.1. The maximum absolute atomic E-state index is 10.2. The average molecular weight is 197 g/mol. The number of hydrogen-bond donors (Lipinski definition) is 2. The van der Waals surface area contributed by atoms with Crippen LogP contribution in [0.4, 0.5) is 0 Å². The van der Waals surface area contributed by atoms with Crippen LogP contribution in [0, 0.1) is 0 Å². The van der Waals surface area contributed by atoms with Gasteiger partial charge < -0.3 is 10.4 Å². The minimum Gasteiger partial charge on any atom is -0.389 e. The van der Waals surface area contributed by atoms with Gasteiger partial charge in [0, 0.05) is 11.3 Å². The van der Waals surface area contributed by atoms with Gasteiger partial charge in [0.1, 0.15) is 0 Å². The van der Waals surface area contributed by atoms with Crippen LogP contribution >= 0.6 is 11.3 Å². The molecule has 13 heavy (non-hydrogen) atoms. The van der Waals surface area contributed by atoms with Crippen molar-refractivity contribution >= 4 is 11.3 Å². The summed E-state index contributed by atoms with van der Waals surface area (Å²) in [6.07, 6.45) is 2.59. The third-order valence-corrected chi connectivity index (χ3v) is 3.49.